The van der Waals surface area contributed by atoms with Crippen LogP contribution in [0.1, 0.15) is 29.3 Å². The number of rotatable bonds is 3. The summed E-state index contributed by atoms with van der Waals surface area (Å²) in [5, 5.41) is 0. The van der Waals surface area contributed by atoms with E-state index in [0.717, 1.165) is 18.5 Å². The van der Waals surface area contributed by atoms with Crippen LogP contribution >= 0.6 is 0 Å². The number of methoxy groups -OCH3 is 2. The van der Waals surface area contributed by atoms with Gasteiger partial charge in [0.1, 0.15) is 0 Å². The highest BCUT2D eigenvalue weighted by Gasteiger charge is 2.25. The Morgan fingerprint density at radius 2 is 1.95 bits per heavy atom. The Bertz CT molecular complexity index is 637. The number of hydrogen-bond donors (Lipinski definition) is 0. The van der Waals surface area contributed by atoms with E-state index in [4.69, 9.17) is 9.47 Å². The molecule has 0 N–H and O–H groups in total. The lowest BCUT2D eigenvalue weighted by atomic mass is 9.96. The van der Waals surface area contributed by atoms with Crippen molar-refractivity contribution < 1.29 is 9.47 Å². The third kappa shape index (κ3) is 2.08. The number of fused-ring (bicyclic) bond motifs is 1. The zero-order valence-corrected chi connectivity index (χ0v) is 12.1. The Balaban J connectivity index is 2.10. The van der Waals surface area contributed by atoms with Crippen molar-refractivity contribution in [1.29, 1.82) is 0 Å². The second kappa shape index (κ2) is 5.25. The number of pyridine rings is 1. The monoisotopic (exact) mass is 269 g/mol. The molecule has 0 bridgehead atoms. The second-order valence-corrected chi connectivity index (χ2v) is 5.12. The van der Waals surface area contributed by atoms with E-state index in [1.54, 1.807) is 14.2 Å². The highest BCUT2D eigenvalue weighted by molar-refractivity contribution is 5.72. The highest BCUT2D eigenvalue weighted by atomic mass is 16.5. The molecule has 0 fully saturated rings. The normalized spacial score (nSPS) is 17.1. The molecule has 1 aromatic carbocycles. The van der Waals surface area contributed by atoms with E-state index in [9.17, 15) is 0 Å². The molecule has 1 aromatic heterocycles. The first kappa shape index (κ1) is 13.1. The van der Waals surface area contributed by atoms with E-state index in [0.29, 0.717) is 5.88 Å². The van der Waals surface area contributed by atoms with Crippen molar-refractivity contribution in [2.75, 3.05) is 14.2 Å². The predicted molar refractivity (Wildman–Crippen MR) is 79.0 cm³/mol. The molecule has 0 saturated heterocycles. The zero-order chi connectivity index (χ0) is 14.1. The number of ether oxygens (including phenoxy) is 2. The maximum absolute atomic E-state index is 5.56. The molecule has 0 aliphatic heterocycles. The predicted octanol–water partition coefficient (Wildman–Crippen LogP) is 3.70. The summed E-state index contributed by atoms with van der Waals surface area (Å²) in [6.07, 6.45) is 2.36. The van der Waals surface area contributed by atoms with Crippen molar-refractivity contribution in [2.45, 2.75) is 25.9 Å². The van der Waals surface area contributed by atoms with Gasteiger partial charge in [-0.2, -0.15) is 0 Å². The van der Waals surface area contributed by atoms with Crippen molar-refractivity contribution in [3.63, 3.8) is 0 Å². The number of nitrogens with zero attached hydrogens (tertiary/aromatic N) is 1. The average molecular weight is 269 g/mol. The molecule has 0 amide bonds. The van der Waals surface area contributed by atoms with Gasteiger partial charge in [-0.15, -0.1) is 0 Å². The molecule has 0 saturated carbocycles. The summed E-state index contributed by atoms with van der Waals surface area (Å²) < 4.78 is 10.7. The molecular weight excluding hydrogens is 250 g/mol. The molecule has 104 valence electrons. The van der Waals surface area contributed by atoms with Gasteiger partial charge in [-0.1, -0.05) is 18.2 Å². The van der Waals surface area contributed by atoms with Crippen molar-refractivity contribution in [1.82, 2.24) is 4.98 Å². The Hall–Kier alpha value is -1.87. The van der Waals surface area contributed by atoms with Crippen LogP contribution in [-0.4, -0.2) is 19.2 Å². The smallest absolute Gasteiger partial charge is 0.213 e. The topological polar surface area (TPSA) is 31.4 Å². The fraction of sp³-hybridized carbons (Fsp3) is 0.353. The van der Waals surface area contributed by atoms with Gasteiger partial charge in [0.05, 0.1) is 13.2 Å². The van der Waals surface area contributed by atoms with Gasteiger partial charge in [-0.3, -0.25) is 0 Å². The minimum Gasteiger partial charge on any atom is -0.481 e. The van der Waals surface area contributed by atoms with Crippen LogP contribution in [0.15, 0.2) is 30.3 Å². The lowest BCUT2D eigenvalue weighted by molar-refractivity contribution is 0.105. The molecule has 1 unspecified atom stereocenters. The van der Waals surface area contributed by atoms with Crippen LogP contribution in [-0.2, 0) is 11.2 Å². The van der Waals surface area contributed by atoms with Crippen molar-refractivity contribution >= 4 is 0 Å². The van der Waals surface area contributed by atoms with Crippen LogP contribution in [0, 0.1) is 6.92 Å². The maximum atomic E-state index is 5.56. The number of benzene rings is 1. The SMILES string of the molecule is COc1ccc(-c2cccc3c2CCC3OC)c(C)n1. The lowest BCUT2D eigenvalue weighted by Gasteiger charge is -2.13. The van der Waals surface area contributed by atoms with E-state index in [1.807, 2.05) is 13.0 Å². The van der Waals surface area contributed by atoms with Crippen LogP contribution in [0.2, 0.25) is 0 Å². The first-order valence-electron chi connectivity index (χ1n) is 6.91. The summed E-state index contributed by atoms with van der Waals surface area (Å²) in [5.74, 6) is 0.661. The largest absolute Gasteiger partial charge is 0.481 e. The van der Waals surface area contributed by atoms with Gasteiger partial charge >= 0.3 is 0 Å². The summed E-state index contributed by atoms with van der Waals surface area (Å²) >= 11 is 0. The second-order valence-electron chi connectivity index (χ2n) is 5.12. The lowest BCUT2D eigenvalue weighted by Crippen LogP contribution is -1.97. The first-order chi connectivity index (χ1) is 9.74. The summed E-state index contributed by atoms with van der Waals surface area (Å²) in [6, 6.07) is 10.5. The summed E-state index contributed by atoms with van der Waals surface area (Å²) in [6.45, 7) is 2.03. The summed E-state index contributed by atoms with van der Waals surface area (Å²) in [5.41, 5.74) is 6.17. The van der Waals surface area contributed by atoms with Gasteiger partial charge in [0.25, 0.3) is 0 Å². The molecule has 3 nitrogen and oxygen atoms in total. The third-order valence-electron chi connectivity index (χ3n) is 4.06. The van der Waals surface area contributed by atoms with Crippen molar-refractivity contribution in [3.05, 3.63) is 47.2 Å². The van der Waals surface area contributed by atoms with E-state index in [-0.39, 0.29) is 6.10 Å². The van der Waals surface area contributed by atoms with Gasteiger partial charge in [0.2, 0.25) is 5.88 Å². The van der Waals surface area contributed by atoms with Crippen LogP contribution in [0.5, 0.6) is 5.88 Å². The Morgan fingerprint density at radius 1 is 1.10 bits per heavy atom. The number of hydrogen-bond acceptors (Lipinski definition) is 3. The van der Waals surface area contributed by atoms with Gasteiger partial charge in [0.15, 0.2) is 0 Å². The summed E-state index contributed by atoms with van der Waals surface area (Å²) in [7, 11) is 3.43. The van der Waals surface area contributed by atoms with Gasteiger partial charge in [-0.25, -0.2) is 4.98 Å². The van der Waals surface area contributed by atoms with Gasteiger partial charge in [0, 0.05) is 24.4 Å². The molecule has 3 heteroatoms. The Labute approximate surface area is 119 Å². The minimum atomic E-state index is 0.233. The molecule has 1 aliphatic rings. The van der Waals surface area contributed by atoms with Gasteiger partial charge in [-0.05, 0) is 42.5 Å². The number of aryl methyl sites for hydroxylation is 1. The van der Waals surface area contributed by atoms with Gasteiger partial charge < -0.3 is 9.47 Å². The maximum Gasteiger partial charge on any atom is 0.213 e. The fourth-order valence-electron chi connectivity index (χ4n) is 3.05. The van der Waals surface area contributed by atoms with E-state index in [1.165, 1.54) is 22.3 Å². The molecule has 0 spiro atoms. The van der Waals surface area contributed by atoms with Crippen molar-refractivity contribution in [3.8, 4) is 17.0 Å². The van der Waals surface area contributed by atoms with Crippen LogP contribution < -0.4 is 4.74 Å². The zero-order valence-electron chi connectivity index (χ0n) is 12.1. The van der Waals surface area contributed by atoms with Crippen LogP contribution in [0.25, 0.3) is 11.1 Å². The third-order valence-corrected chi connectivity index (χ3v) is 4.06. The molecule has 2 aromatic rings. The number of aromatic nitrogens is 1. The molecule has 1 atom stereocenters. The molecule has 3 rings (SSSR count). The van der Waals surface area contributed by atoms with E-state index < -0.39 is 0 Å². The fourth-order valence-corrected chi connectivity index (χ4v) is 3.05. The summed E-state index contributed by atoms with van der Waals surface area (Å²) in [4.78, 5) is 4.48. The van der Waals surface area contributed by atoms with E-state index in [2.05, 4.69) is 29.2 Å². The molecular formula is C17H19NO2. The highest BCUT2D eigenvalue weighted by Crippen LogP contribution is 2.39. The molecule has 20 heavy (non-hydrogen) atoms. The van der Waals surface area contributed by atoms with E-state index >= 15 is 0 Å². The van der Waals surface area contributed by atoms with Crippen molar-refractivity contribution in [2.24, 2.45) is 0 Å². The minimum absolute atomic E-state index is 0.233. The average Bonchev–Trinajstić information content (AvgIpc) is 2.90. The Kier molecular flexibility index (Phi) is 3.45. The molecule has 1 aliphatic carbocycles. The Morgan fingerprint density at radius 3 is 2.65 bits per heavy atom. The molecule has 1 heterocycles. The molecule has 0 radical (unpaired) electrons. The first-order valence-corrected chi connectivity index (χ1v) is 6.91. The van der Waals surface area contributed by atoms with Crippen LogP contribution in [0.4, 0.5) is 0 Å². The quantitative estimate of drug-likeness (QED) is 0.851. The van der Waals surface area contributed by atoms with Crippen LogP contribution in [0.3, 0.4) is 0 Å². The standard InChI is InChI=1S/C17H19NO2/c1-11-12(8-10-17(18-11)20-3)13-5-4-6-15-14(13)7-9-16(15)19-2/h4-6,8,10,16H,7,9H2,1-3H3.